The Balaban J connectivity index is 1.56. The Kier molecular flexibility index (Phi) is 15.2. The summed E-state index contributed by atoms with van der Waals surface area (Å²) in [6.45, 7) is 2.52. The largest absolute Gasteiger partial charge is 0.462 e. The van der Waals surface area contributed by atoms with Crippen LogP contribution in [0.2, 0.25) is 0 Å². The topological polar surface area (TPSA) is 52.6 Å². The van der Waals surface area contributed by atoms with Crippen LogP contribution in [0.15, 0.2) is 48.5 Å². The van der Waals surface area contributed by atoms with E-state index >= 15 is 0 Å². The van der Waals surface area contributed by atoms with Crippen molar-refractivity contribution in [2.24, 2.45) is 0 Å². The van der Waals surface area contributed by atoms with E-state index in [0.717, 1.165) is 19.3 Å². The van der Waals surface area contributed by atoms with Crippen LogP contribution >= 0.6 is 0 Å². The minimum Gasteiger partial charge on any atom is -0.462 e. The summed E-state index contributed by atoms with van der Waals surface area (Å²) in [5.41, 5.74) is 0.883. The van der Waals surface area contributed by atoms with Crippen LogP contribution in [0, 0.1) is 5.82 Å². The highest BCUT2D eigenvalue weighted by atomic mass is 19.1. The molecular formula is C31H43FO4. The van der Waals surface area contributed by atoms with Gasteiger partial charge in [0.15, 0.2) is 0 Å². The number of halogens is 1. The Morgan fingerprint density at radius 2 is 1.14 bits per heavy atom. The third kappa shape index (κ3) is 12.3. The Hall–Kier alpha value is -2.69. The van der Waals surface area contributed by atoms with Crippen LogP contribution in [0.1, 0.15) is 123 Å². The molecule has 0 spiro atoms. The quantitative estimate of drug-likeness (QED) is 0.143. The molecule has 0 N–H and O–H groups in total. The molecule has 2 aromatic carbocycles. The van der Waals surface area contributed by atoms with Crippen LogP contribution in [0.3, 0.4) is 0 Å². The van der Waals surface area contributed by atoms with Gasteiger partial charge in [0, 0.05) is 0 Å². The summed E-state index contributed by atoms with van der Waals surface area (Å²) in [6, 6.07) is 12.3. The monoisotopic (exact) mass is 498 g/mol. The Morgan fingerprint density at radius 1 is 0.639 bits per heavy atom. The first-order chi connectivity index (χ1) is 17.6. The van der Waals surface area contributed by atoms with Gasteiger partial charge in [-0.25, -0.2) is 14.0 Å². The van der Waals surface area contributed by atoms with Crippen molar-refractivity contribution in [3.8, 4) is 0 Å². The molecule has 0 aromatic heterocycles. The van der Waals surface area contributed by atoms with Gasteiger partial charge in [0.2, 0.25) is 0 Å². The van der Waals surface area contributed by atoms with Gasteiger partial charge in [-0.15, -0.1) is 0 Å². The van der Waals surface area contributed by atoms with Gasteiger partial charge in [-0.1, -0.05) is 115 Å². The Morgan fingerprint density at radius 3 is 1.67 bits per heavy atom. The lowest BCUT2D eigenvalue weighted by molar-refractivity contribution is 0.0436. The smallest absolute Gasteiger partial charge is 0.339 e. The van der Waals surface area contributed by atoms with Crippen molar-refractivity contribution in [3.63, 3.8) is 0 Å². The highest BCUT2D eigenvalue weighted by Gasteiger charge is 2.19. The third-order valence-electron chi connectivity index (χ3n) is 6.36. The second-order valence-electron chi connectivity index (χ2n) is 9.48. The second-order valence-corrected chi connectivity index (χ2v) is 9.48. The van der Waals surface area contributed by atoms with Gasteiger partial charge < -0.3 is 9.47 Å². The summed E-state index contributed by atoms with van der Waals surface area (Å²) in [7, 11) is 0. The molecule has 0 amide bonds. The van der Waals surface area contributed by atoms with E-state index in [2.05, 4.69) is 6.92 Å². The molecule has 0 unspecified atom stereocenters. The number of unbranched alkanes of at least 4 members (excludes halogenated alkanes) is 13. The molecule has 0 aliphatic heterocycles. The van der Waals surface area contributed by atoms with E-state index in [1.165, 1.54) is 88.8 Å². The summed E-state index contributed by atoms with van der Waals surface area (Å²) in [5.74, 6) is -1.55. The molecule has 5 heteroatoms. The van der Waals surface area contributed by atoms with Gasteiger partial charge in [0.25, 0.3) is 0 Å². The maximum absolute atomic E-state index is 13.3. The zero-order valence-corrected chi connectivity index (χ0v) is 21.9. The average Bonchev–Trinajstić information content (AvgIpc) is 2.89. The lowest BCUT2D eigenvalue weighted by atomic mass is 10.0. The molecule has 0 bridgehead atoms. The van der Waals surface area contributed by atoms with E-state index in [-0.39, 0.29) is 17.7 Å². The number of carbonyl (C=O) groups is 2. The second kappa shape index (κ2) is 18.6. The molecule has 2 aromatic rings. The van der Waals surface area contributed by atoms with Gasteiger partial charge >= 0.3 is 11.9 Å². The van der Waals surface area contributed by atoms with Crippen LogP contribution in [0.25, 0.3) is 0 Å². The van der Waals surface area contributed by atoms with Crippen molar-refractivity contribution < 1.29 is 23.5 Å². The number of carbonyl (C=O) groups excluding carboxylic acids is 2. The molecule has 0 saturated carbocycles. The fraction of sp³-hybridized carbons (Fsp3) is 0.548. The van der Waals surface area contributed by atoms with Crippen LogP contribution in [0.4, 0.5) is 4.39 Å². The van der Waals surface area contributed by atoms with E-state index in [1.54, 1.807) is 30.3 Å². The lowest BCUT2D eigenvalue weighted by Gasteiger charge is -2.10. The van der Waals surface area contributed by atoms with Crippen LogP contribution in [-0.4, -0.2) is 18.5 Å². The normalized spacial score (nSPS) is 10.8. The van der Waals surface area contributed by atoms with Gasteiger partial charge in [0.1, 0.15) is 12.4 Å². The predicted octanol–water partition coefficient (Wildman–Crippen LogP) is 8.82. The summed E-state index contributed by atoms with van der Waals surface area (Å²) in [6.07, 6.45) is 17.8. The Labute approximate surface area is 216 Å². The number of hydrogen-bond acceptors (Lipinski definition) is 4. The lowest BCUT2D eigenvalue weighted by Crippen LogP contribution is -2.14. The molecule has 36 heavy (non-hydrogen) atoms. The van der Waals surface area contributed by atoms with Crippen LogP contribution < -0.4 is 0 Å². The van der Waals surface area contributed by atoms with Crippen molar-refractivity contribution in [3.05, 3.63) is 71.0 Å². The molecule has 198 valence electrons. The van der Waals surface area contributed by atoms with E-state index < -0.39 is 17.8 Å². The van der Waals surface area contributed by atoms with E-state index in [1.807, 2.05) is 0 Å². The summed E-state index contributed by atoms with van der Waals surface area (Å²) in [4.78, 5) is 25.1. The van der Waals surface area contributed by atoms with E-state index in [9.17, 15) is 14.0 Å². The van der Waals surface area contributed by atoms with Gasteiger partial charge in [-0.05, 0) is 36.2 Å². The first kappa shape index (κ1) is 29.5. The molecule has 0 atom stereocenters. The first-order valence-corrected chi connectivity index (χ1v) is 13.8. The average molecular weight is 499 g/mol. The summed E-state index contributed by atoms with van der Waals surface area (Å²) >= 11 is 0. The zero-order chi connectivity index (χ0) is 25.8. The van der Waals surface area contributed by atoms with Gasteiger partial charge in [-0.3, -0.25) is 0 Å². The molecular weight excluding hydrogens is 455 g/mol. The number of esters is 2. The van der Waals surface area contributed by atoms with Crippen molar-refractivity contribution in [1.29, 1.82) is 0 Å². The number of benzene rings is 2. The van der Waals surface area contributed by atoms with Crippen molar-refractivity contribution in [2.75, 3.05) is 6.61 Å². The minimum atomic E-state index is -0.636. The van der Waals surface area contributed by atoms with E-state index in [0.29, 0.717) is 12.2 Å². The predicted molar refractivity (Wildman–Crippen MR) is 143 cm³/mol. The molecule has 0 saturated heterocycles. The van der Waals surface area contributed by atoms with Crippen molar-refractivity contribution >= 4 is 11.9 Å². The molecule has 2 rings (SSSR count). The van der Waals surface area contributed by atoms with Crippen LogP contribution in [-0.2, 0) is 16.1 Å². The maximum Gasteiger partial charge on any atom is 0.339 e. The molecule has 0 radical (unpaired) electrons. The van der Waals surface area contributed by atoms with Gasteiger partial charge in [-0.2, -0.15) is 0 Å². The van der Waals surface area contributed by atoms with Crippen LogP contribution in [0.5, 0.6) is 0 Å². The highest BCUT2D eigenvalue weighted by Crippen LogP contribution is 2.15. The molecule has 0 fully saturated rings. The number of ether oxygens (including phenoxy) is 2. The number of rotatable bonds is 19. The van der Waals surface area contributed by atoms with Crippen molar-refractivity contribution in [1.82, 2.24) is 0 Å². The molecule has 0 aliphatic carbocycles. The molecule has 4 nitrogen and oxygen atoms in total. The highest BCUT2D eigenvalue weighted by molar-refractivity contribution is 6.03. The summed E-state index contributed by atoms with van der Waals surface area (Å²) < 4.78 is 24.0. The SMILES string of the molecule is CCCCCCCCCCCCCCCCOC(=O)c1ccccc1C(=O)OCc1cccc(F)c1. The summed E-state index contributed by atoms with van der Waals surface area (Å²) in [5, 5.41) is 0. The molecule has 0 heterocycles. The Bertz CT molecular complexity index is 896. The standard InChI is InChI=1S/C31H43FO4/c1-2-3-4-5-6-7-8-9-10-11-12-13-14-17-23-35-30(33)28-21-15-16-22-29(28)31(34)36-25-26-19-18-20-27(32)24-26/h15-16,18-22,24H,2-14,17,23,25H2,1H3. The van der Waals surface area contributed by atoms with Crippen molar-refractivity contribution in [2.45, 2.75) is 103 Å². The third-order valence-corrected chi connectivity index (χ3v) is 6.36. The molecule has 0 aliphatic rings. The van der Waals surface area contributed by atoms with E-state index in [4.69, 9.17) is 9.47 Å². The fourth-order valence-electron chi connectivity index (χ4n) is 4.23. The fourth-order valence-corrected chi connectivity index (χ4v) is 4.23. The maximum atomic E-state index is 13.3. The first-order valence-electron chi connectivity index (χ1n) is 13.8. The minimum absolute atomic E-state index is 0.0704. The van der Waals surface area contributed by atoms with Gasteiger partial charge in [0.05, 0.1) is 17.7 Å². The number of hydrogen-bond donors (Lipinski definition) is 0. The zero-order valence-electron chi connectivity index (χ0n) is 21.9.